The van der Waals surface area contributed by atoms with Crippen LogP contribution in [0.1, 0.15) is 24.2 Å². The Hall–Kier alpha value is -1.62. The molecule has 19 heavy (non-hydrogen) atoms. The van der Waals surface area contributed by atoms with Crippen LogP contribution in [0.25, 0.3) is 0 Å². The maximum absolute atomic E-state index is 11.9. The third-order valence-electron chi connectivity index (χ3n) is 3.26. The molecule has 0 saturated heterocycles. The second kappa shape index (κ2) is 6.02. The Morgan fingerprint density at radius 3 is 2.89 bits per heavy atom. The van der Waals surface area contributed by atoms with Gasteiger partial charge in [-0.25, -0.2) is 0 Å². The van der Waals surface area contributed by atoms with Gasteiger partial charge >= 0.3 is 0 Å². The number of aromatic nitrogens is 1. The van der Waals surface area contributed by atoms with Crippen molar-refractivity contribution in [2.45, 2.75) is 32.4 Å². The molecule has 5 heteroatoms. The van der Waals surface area contributed by atoms with E-state index in [4.69, 9.17) is 4.74 Å². The van der Waals surface area contributed by atoms with Gasteiger partial charge in [-0.15, -0.1) is 0 Å². The van der Waals surface area contributed by atoms with E-state index in [0.29, 0.717) is 18.3 Å². The summed E-state index contributed by atoms with van der Waals surface area (Å²) in [5.41, 5.74) is 1.78. The van der Waals surface area contributed by atoms with Crippen molar-refractivity contribution in [3.63, 3.8) is 0 Å². The highest BCUT2D eigenvalue weighted by Gasteiger charge is 2.29. The molecule has 1 aromatic rings. The maximum atomic E-state index is 11.9. The average molecular weight is 263 g/mol. The van der Waals surface area contributed by atoms with Gasteiger partial charge in [0.1, 0.15) is 5.75 Å². The van der Waals surface area contributed by atoms with Crippen LogP contribution in [0.15, 0.2) is 12.1 Å². The van der Waals surface area contributed by atoms with Crippen molar-refractivity contribution >= 4 is 5.91 Å². The molecule has 0 radical (unpaired) electrons. The van der Waals surface area contributed by atoms with Crippen molar-refractivity contribution in [3.8, 4) is 5.75 Å². The van der Waals surface area contributed by atoms with Crippen molar-refractivity contribution in [3.05, 3.63) is 23.5 Å². The standard InChI is InChI=1S/C14H21N3O2/c1-10-4-7-13(12(16-10)8-15-2)19-9-14(18)17(3)11-5-6-11/h4,7,11,15H,5-6,8-9H2,1-3H3. The third kappa shape index (κ3) is 3.67. The minimum atomic E-state index is 0.0264. The zero-order chi connectivity index (χ0) is 13.8. The van der Waals surface area contributed by atoms with Crippen molar-refractivity contribution in [1.82, 2.24) is 15.2 Å². The molecule has 1 amide bonds. The van der Waals surface area contributed by atoms with E-state index in [1.54, 1.807) is 4.90 Å². The predicted molar refractivity (Wildman–Crippen MR) is 73.0 cm³/mol. The van der Waals surface area contributed by atoms with Gasteiger partial charge in [0.2, 0.25) is 0 Å². The van der Waals surface area contributed by atoms with Crippen LogP contribution in [0.5, 0.6) is 5.75 Å². The van der Waals surface area contributed by atoms with Crippen molar-refractivity contribution in [2.75, 3.05) is 20.7 Å². The number of likely N-dealkylation sites (N-methyl/N-ethyl adjacent to an activating group) is 1. The number of ether oxygens (including phenoxy) is 1. The van der Waals surface area contributed by atoms with Gasteiger partial charge in [0.05, 0.1) is 5.69 Å². The Morgan fingerprint density at radius 1 is 1.53 bits per heavy atom. The summed E-state index contributed by atoms with van der Waals surface area (Å²) in [6.45, 7) is 2.65. The highest BCUT2D eigenvalue weighted by atomic mass is 16.5. The third-order valence-corrected chi connectivity index (χ3v) is 3.26. The summed E-state index contributed by atoms with van der Waals surface area (Å²) in [5.74, 6) is 0.705. The minimum Gasteiger partial charge on any atom is -0.482 e. The number of rotatable bonds is 6. The molecule has 1 saturated carbocycles. The van der Waals surface area contributed by atoms with Gasteiger partial charge in [-0.1, -0.05) is 0 Å². The van der Waals surface area contributed by atoms with Gasteiger partial charge in [-0.2, -0.15) is 0 Å². The van der Waals surface area contributed by atoms with Crippen LogP contribution in [0, 0.1) is 6.92 Å². The highest BCUT2D eigenvalue weighted by molar-refractivity contribution is 5.78. The second-order valence-electron chi connectivity index (χ2n) is 4.95. The van der Waals surface area contributed by atoms with E-state index < -0.39 is 0 Å². The summed E-state index contributed by atoms with van der Waals surface area (Å²) in [7, 11) is 3.70. The Balaban J connectivity index is 1.96. The summed E-state index contributed by atoms with van der Waals surface area (Å²) < 4.78 is 5.61. The molecule has 1 N–H and O–H groups in total. The molecule has 5 nitrogen and oxygen atoms in total. The van der Waals surface area contributed by atoms with E-state index in [9.17, 15) is 4.79 Å². The summed E-state index contributed by atoms with van der Waals surface area (Å²) in [6.07, 6.45) is 2.22. The molecule has 0 aromatic carbocycles. The Labute approximate surface area is 114 Å². The van der Waals surface area contributed by atoms with Crippen LogP contribution >= 0.6 is 0 Å². The topological polar surface area (TPSA) is 54.5 Å². The number of carbonyl (C=O) groups excluding carboxylic acids is 1. The monoisotopic (exact) mass is 263 g/mol. The number of nitrogens with zero attached hydrogens (tertiary/aromatic N) is 2. The van der Waals surface area contributed by atoms with Crippen LogP contribution in [0.3, 0.4) is 0 Å². The average Bonchev–Trinajstić information content (AvgIpc) is 3.21. The molecule has 1 heterocycles. The maximum Gasteiger partial charge on any atom is 0.260 e. The fourth-order valence-corrected chi connectivity index (χ4v) is 1.93. The van der Waals surface area contributed by atoms with Crippen molar-refractivity contribution in [1.29, 1.82) is 0 Å². The molecule has 0 atom stereocenters. The Bertz CT molecular complexity index is 458. The number of carbonyl (C=O) groups is 1. The summed E-state index contributed by atoms with van der Waals surface area (Å²) >= 11 is 0. The number of hydrogen-bond acceptors (Lipinski definition) is 4. The number of pyridine rings is 1. The van der Waals surface area contributed by atoms with Gasteiger partial charge in [-0.3, -0.25) is 9.78 Å². The van der Waals surface area contributed by atoms with E-state index in [1.807, 2.05) is 33.2 Å². The van der Waals surface area contributed by atoms with Crippen LogP contribution in [0.2, 0.25) is 0 Å². The van der Waals surface area contributed by atoms with Gasteiger partial charge in [0.25, 0.3) is 5.91 Å². The first-order valence-electron chi connectivity index (χ1n) is 6.61. The molecule has 1 aliphatic rings. The van der Waals surface area contributed by atoms with Crippen molar-refractivity contribution in [2.24, 2.45) is 0 Å². The van der Waals surface area contributed by atoms with Crippen LogP contribution < -0.4 is 10.1 Å². The molecular weight excluding hydrogens is 242 g/mol. The quantitative estimate of drug-likeness (QED) is 0.835. The molecule has 0 spiro atoms. The smallest absolute Gasteiger partial charge is 0.260 e. The molecule has 1 aromatic heterocycles. The number of aryl methyl sites for hydroxylation is 1. The normalized spacial score (nSPS) is 14.3. The molecule has 2 rings (SSSR count). The van der Waals surface area contributed by atoms with Crippen LogP contribution in [-0.2, 0) is 11.3 Å². The zero-order valence-electron chi connectivity index (χ0n) is 11.8. The molecule has 0 aliphatic heterocycles. The van der Waals surface area contributed by atoms with E-state index in [2.05, 4.69) is 10.3 Å². The fourth-order valence-electron chi connectivity index (χ4n) is 1.93. The van der Waals surface area contributed by atoms with Crippen molar-refractivity contribution < 1.29 is 9.53 Å². The highest BCUT2D eigenvalue weighted by Crippen LogP contribution is 2.25. The predicted octanol–water partition coefficient (Wildman–Crippen LogP) is 1.11. The number of amides is 1. The first-order chi connectivity index (χ1) is 9.11. The number of hydrogen-bond donors (Lipinski definition) is 1. The summed E-state index contributed by atoms with van der Waals surface area (Å²) in [6, 6.07) is 4.19. The molecule has 1 aliphatic carbocycles. The van der Waals surface area contributed by atoms with E-state index in [1.165, 1.54) is 0 Å². The van der Waals surface area contributed by atoms with Crippen LogP contribution in [-0.4, -0.2) is 42.5 Å². The zero-order valence-corrected chi connectivity index (χ0v) is 11.8. The molecule has 104 valence electrons. The summed E-state index contributed by atoms with van der Waals surface area (Å²) in [4.78, 5) is 18.1. The molecule has 1 fully saturated rings. The summed E-state index contributed by atoms with van der Waals surface area (Å²) in [5, 5.41) is 3.05. The largest absolute Gasteiger partial charge is 0.482 e. The molecule has 0 unspecified atom stereocenters. The number of nitrogens with one attached hydrogen (secondary N) is 1. The lowest BCUT2D eigenvalue weighted by Crippen LogP contribution is -2.33. The first kappa shape index (κ1) is 13.8. The minimum absolute atomic E-state index is 0.0264. The van der Waals surface area contributed by atoms with E-state index >= 15 is 0 Å². The fraction of sp³-hybridized carbons (Fsp3) is 0.571. The van der Waals surface area contributed by atoms with E-state index in [-0.39, 0.29) is 12.5 Å². The van der Waals surface area contributed by atoms with Gasteiger partial charge in [0.15, 0.2) is 6.61 Å². The Morgan fingerprint density at radius 2 is 2.26 bits per heavy atom. The lowest BCUT2D eigenvalue weighted by atomic mass is 10.3. The van der Waals surface area contributed by atoms with Crippen LogP contribution in [0.4, 0.5) is 0 Å². The van der Waals surface area contributed by atoms with Gasteiger partial charge in [-0.05, 0) is 38.9 Å². The van der Waals surface area contributed by atoms with Gasteiger partial charge < -0.3 is 15.0 Å². The Kier molecular flexibility index (Phi) is 4.37. The van der Waals surface area contributed by atoms with E-state index in [0.717, 1.165) is 24.2 Å². The first-order valence-corrected chi connectivity index (χ1v) is 6.61. The molecule has 0 bridgehead atoms. The second-order valence-corrected chi connectivity index (χ2v) is 4.95. The molecular formula is C14H21N3O2. The van der Waals surface area contributed by atoms with Gasteiger partial charge in [0, 0.05) is 25.3 Å². The lowest BCUT2D eigenvalue weighted by molar-refractivity contribution is -0.132. The lowest BCUT2D eigenvalue weighted by Gasteiger charge is -2.17. The SMILES string of the molecule is CNCc1nc(C)ccc1OCC(=O)N(C)C1CC1.